The van der Waals surface area contributed by atoms with Crippen molar-refractivity contribution in [2.75, 3.05) is 32.5 Å². The van der Waals surface area contributed by atoms with Crippen LogP contribution >= 0.6 is 0 Å². The van der Waals surface area contributed by atoms with Crippen molar-refractivity contribution in [3.63, 3.8) is 0 Å². The fraction of sp³-hybridized carbons (Fsp3) is 0.467. The van der Waals surface area contributed by atoms with Crippen LogP contribution in [0.25, 0.3) is 0 Å². The summed E-state index contributed by atoms with van der Waals surface area (Å²) in [5.74, 6) is -0.139. The number of hydrogen-bond donors (Lipinski definition) is 1. The maximum atomic E-state index is 12.2. The van der Waals surface area contributed by atoms with Gasteiger partial charge in [-0.15, -0.1) is 0 Å². The number of nitrogens with one attached hydrogen (secondary N) is 1. The van der Waals surface area contributed by atoms with E-state index in [1.807, 2.05) is 30.3 Å². The van der Waals surface area contributed by atoms with Gasteiger partial charge in [0.2, 0.25) is 5.91 Å². The SMILES string of the molecule is CN(C)C(=O)N1CCC[C@@H](C(=O)Nc2ccccc2)C1. The van der Waals surface area contributed by atoms with Gasteiger partial charge in [-0.1, -0.05) is 18.2 Å². The molecule has 5 nitrogen and oxygen atoms in total. The third-order valence-corrected chi connectivity index (χ3v) is 3.49. The third-order valence-electron chi connectivity index (χ3n) is 3.49. The quantitative estimate of drug-likeness (QED) is 0.897. The average molecular weight is 275 g/mol. The Labute approximate surface area is 119 Å². The highest BCUT2D eigenvalue weighted by molar-refractivity contribution is 5.93. The van der Waals surface area contributed by atoms with Crippen molar-refractivity contribution in [1.29, 1.82) is 0 Å². The van der Waals surface area contributed by atoms with Crippen molar-refractivity contribution in [2.45, 2.75) is 12.8 Å². The summed E-state index contributed by atoms with van der Waals surface area (Å²) in [5, 5.41) is 2.91. The molecular weight excluding hydrogens is 254 g/mol. The Hall–Kier alpha value is -2.04. The Morgan fingerprint density at radius 1 is 1.25 bits per heavy atom. The predicted octanol–water partition coefficient (Wildman–Crippen LogP) is 2.02. The first-order valence-corrected chi connectivity index (χ1v) is 6.90. The van der Waals surface area contributed by atoms with Gasteiger partial charge in [0.25, 0.3) is 0 Å². The fourth-order valence-corrected chi connectivity index (χ4v) is 2.41. The number of para-hydroxylation sites is 1. The van der Waals surface area contributed by atoms with Crippen molar-refractivity contribution >= 4 is 17.6 Å². The van der Waals surface area contributed by atoms with E-state index in [1.54, 1.807) is 23.9 Å². The van der Waals surface area contributed by atoms with E-state index in [1.165, 1.54) is 0 Å². The summed E-state index contributed by atoms with van der Waals surface area (Å²) in [5.41, 5.74) is 0.800. The number of benzene rings is 1. The van der Waals surface area contributed by atoms with Crippen LogP contribution in [0.1, 0.15) is 12.8 Å². The van der Waals surface area contributed by atoms with E-state index in [0.29, 0.717) is 6.54 Å². The number of nitrogens with zero attached hydrogens (tertiary/aromatic N) is 2. The maximum Gasteiger partial charge on any atom is 0.319 e. The van der Waals surface area contributed by atoms with Crippen LogP contribution in [-0.2, 0) is 4.79 Å². The third kappa shape index (κ3) is 3.50. The van der Waals surface area contributed by atoms with Crippen LogP contribution < -0.4 is 5.32 Å². The van der Waals surface area contributed by atoms with Crippen molar-refractivity contribution in [3.05, 3.63) is 30.3 Å². The van der Waals surface area contributed by atoms with Crippen LogP contribution in [0, 0.1) is 5.92 Å². The number of urea groups is 1. The van der Waals surface area contributed by atoms with E-state index in [2.05, 4.69) is 5.32 Å². The molecule has 0 unspecified atom stereocenters. The number of rotatable bonds is 2. The Morgan fingerprint density at radius 3 is 2.60 bits per heavy atom. The van der Waals surface area contributed by atoms with Gasteiger partial charge in [-0.2, -0.15) is 0 Å². The lowest BCUT2D eigenvalue weighted by Crippen LogP contribution is -2.47. The minimum atomic E-state index is -0.132. The van der Waals surface area contributed by atoms with Gasteiger partial charge in [-0.3, -0.25) is 4.79 Å². The zero-order chi connectivity index (χ0) is 14.5. The van der Waals surface area contributed by atoms with Gasteiger partial charge < -0.3 is 15.1 Å². The first-order chi connectivity index (χ1) is 9.58. The zero-order valence-corrected chi connectivity index (χ0v) is 12.0. The molecule has 3 amide bonds. The minimum Gasteiger partial charge on any atom is -0.331 e. The van der Waals surface area contributed by atoms with Gasteiger partial charge in [0.05, 0.1) is 5.92 Å². The topological polar surface area (TPSA) is 52.7 Å². The highest BCUT2D eigenvalue weighted by Crippen LogP contribution is 2.19. The minimum absolute atomic E-state index is 0.00699. The highest BCUT2D eigenvalue weighted by atomic mass is 16.2. The highest BCUT2D eigenvalue weighted by Gasteiger charge is 2.29. The lowest BCUT2D eigenvalue weighted by Gasteiger charge is -2.33. The molecule has 0 saturated carbocycles. The monoisotopic (exact) mass is 275 g/mol. The van der Waals surface area contributed by atoms with Crippen molar-refractivity contribution < 1.29 is 9.59 Å². The summed E-state index contributed by atoms with van der Waals surface area (Å²) >= 11 is 0. The fourth-order valence-electron chi connectivity index (χ4n) is 2.41. The maximum absolute atomic E-state index is 12.2. The molecule has 1 aromatic carbocycles. The number of piperidine rings is 1. The molecule has 1 fully saturated rings. The second kappa shape index (κ2) is 6.41. The smallest absolute Gasteiger partial charge is 0.319 e. The van der Waals surface area contributed by atoms with E-state index in [0.717, 1.165) is 25.1 Å². The lowest BCUT2D eigenvalue weighted by molar-refractivity contribution is -0.121. The summed E-state index contributed by atoms with van der Waals surface area (Å²) in [7, 11) is 3.46. The normalized spacial score (nSPS) is 18.5. The summed E-state index contributed by atoms with van der Waals surface area (Å²) < 4.78 is 0. The van der Waals surface area contributed by atoms with Gasteiger partial charge in [0.15, 0.2) is 0 Å². The molecule has 5 heteroatoms. The molecule has 1 heterocycles. The van der Waals surface area contributed by atoms with Gasteiger partial charge in [-0.05, 0) is 25.0 Å². The van der Waals surface area contributed by atoms with Gasteiger partial charge in [0, 0.05) is 32.9 Å². The molecule has 0 bridgehead atoms. The number of amides is 3. The largest absolute Gasteiger partial charge is 0.331 e. The van der Waals surface area contributed by atoms with Crippen LogP contribution in [0.3, 0.4) is 0 Å². The zero-order valence-electron chi connectivity index (χ0n) is 12.0. The first-order valence-electron chi connectivity index (χ1n) is 6.90. The molecule has 1 aromatic rings. The molecule has 1 saturated heterocycles. The Kier molecular flexibility index (Phi) is 4.61. The Morgan fingerprint density at radius 2 is 1.95 bits per heavy atom. The van der Waals surface area contributed by atoms with Gasteiger partial charge in [0.1, 0.15) is 0 Å². The summed E-state index contributed by atoms with van der Waals surface area (Å²) in [6, 6.07) is 9.39. The van der Waals surface area contributed by atoms with Crippen molar-refractivity contribution in [3.8, 4) is 0 Å². The molecule has 20 heavy (non-hydrogen) atoms. The molecule has 2 rings (SSSR count). The molecule has 0 radical (unpaired) electrons. The standard InChI is InChI=1S/C15H21N3O2/c1-17(2)15(20)18-10-6-7-12(11-18)14(19)16-13-8-4-3-5-9-13/h3-5,8-9,12H,6-7,10-11H2,1-2H3,(H,16,19)/t12-/m1/s1. The first kappa shape index (κ1) is 14.4. The number of anilines is 1. The molecule has 1 aliphatic heterocycles. The second-order valence-corrected chi connectivity index (χ2v) is 5.32. The molecule has 0 aromatic heterocycles. The van der Waals surface area contributed by atoms with Crippen LogP contribution in [-0.4, -0.2) is 48.9 Å². The number of carbonyl (C=O) groups excluding carboxylic acids is 2. The number of likely N-dealkylation sites (tertiary alicyclic amines) is 1. The molecule has 108 valence electrons. The van der Waals surface area contributed by atoms with Crippen LogP contribution in [0.15, 0.2) is 30.3 Å². The van der Waals surface area contributed by atoms with E-state index in [4.69, 9.17) is 0 Å². The molecule has 1 N–H and O–H groups in total. The molecule has 1 aliphatic rings. The van der Waals surface area contributed by atoms with Crippen molar-refractivity contribution in [2.24, 2.45) is 5.92 Å². The molecule has 1 atom stereocenters. The summed E-state index contributed by atoms with van der Waals surface area (Å²) in [6.07, 6.45) is 1.70. The average Bonchev–Trinajstić information content (AvgIpc) is 2.47. The molecular formula is C15H21N3O2. The van der Waals surface area contributed by atoms with E-state index >= 15 is 0 Å². The predicted molar refractivity (Wildman–Crippen MR) is 78.5 cm³/mol. The van der Waals surface area contributed by atoms with Crippen LogP contribution in [0.5, 0.6) is 0 Å². The molecule has 0 spiro atoms. The lowest BCUT2D eigenvalue weighted by atomic mass is 9.97. The van der Waals surface area contributed by atoms with E-state index in [9.17, 15) is 9.59 Å². The van der Waals surface area contributed by atoms with Crippen LogP contribution in [0.2, 0.25) is 0 Å². The molecule has 0 aliphatic carbocycles. The van der Waals surface area contributed by atoms with Gasteiger partial charge >= 0.3 is 6.03 Å². The van der Waals surface area contributed by atoms with Crippen molar-refractivity contribution in [1.82, 2.24) is 9.80 Å². The Balaban J connectivity index is 1.95. The van der Waals surface area contributed by atoms with Crippen LogP contribution in [0.4, 0.5) is 10.5 Å². The number of carbonyl (C=O) groups is 2. The van der Waals surface area contributed by atoms with E-state index in [-0.39, 0.29) is 17.9 Å². The Bertz CT molecular complexity index is 473. The second-order valence-electron chi connectivity index (χ2n) is 5.32. The number of hydrogen-bond acceptors (Lipinski definition) is 2. The summed E-state index contributed by atoms with van der Waals surface area (Å²) in [6.45, 7) is 1.22. The summed E-state index contributed by atoms with van der Waals surface area (Å²) in [4.78, 5) is 27.5. The van der Waals surface area contributed by atoms with Gasteiger partial charge in [-0.25, -0.2) is 4.79 Å². The van der Waals surface area contributed by atoms with E-state index < -0.39 is 0 Å².